The van der Waals surface area contributed by atoms with Gasteiger partial charge in [0.25, 0.3) is 5.91 Å². The molecule has 2 amide bonds. The fraction of sp³-hybridized carbons (Fsp3) is 0.556. The second kappa shape index (κ2) is 5.69. The highest BCUT2D eigenvalue weighted by atomic mass is 16.6. The lowest BCUT2D eigenvalue weighted by molar-refractivity contribution is -0.00521. The molecule has 4 rings (SSSR count). The van der Waals surface area contributed by atoms with Crippen LogP contribution in [0.1, 0.15) is 35.2 Å². The van der Waals surface area contributed by atoms with Crippen molar-refractivity contribution in [1.82, 2.24) is 9.80 Å². The first-order valence-corrected chi connectivity index (χ1v) is 8.55. The van der Waals surface area contributed by atoms with Crippen LogP contribution in [0.2, 0.25) is 0 Å². The maximum atomic E-state index is 12.9. The normalized spacial score (nSPS) is 26.1. The van der Waals surface area contributed by atoms with Gasteiger partial charge in [-0.1, -0.05) is 0 Å². The van der Waals surface area contributed by atoms with Gasteiger partial charge < -0.3 is 19.3 Å². The van der Waals surface area contributed by atoms with Gasteiger partial charge in [0.05, 0.1) is 19.7 Å². The predicted molar refractivity (Wildman–Crippen MR) is 87.2 cm³/mol. The molecule has 2 saturated heterocycles. The zero-order valence-electron chi connectivity index (χ0n) is 13.9. The molecule has 3 aliphatic rings. The third kappa shape index (κ3) is 2.60. The van der Waals surface area contributed by atoms with E-state index >= 15 is 0 Å². The van der Waals surface area contributed by atoms with Crippen molar-refractivity contribution in [2.45, 2.75) is 31.3 Å². The summed E-state index contributed by atoms with van der Waals surface area (Å²) in [6.45, 7) is 2.46. The van der Waals surface area contributed by atoms with Crippen LogP contribution in [-0.2, 0) is 11.2 Å². The summed E-state index contributed by atoms with van der Waals surface area (Å²) in [4.78, 5) is 28.1. The largest absolute Gasteiger partial charge is 0.493 e. The standard InChI is InChI=1S/C18H22N2O4/c1-19-11-18(24-17(19)22)7-3-8-20(12-18)16(21)14-5-6-15-13(10-14)4-2-9-23-15/h5-6,10H,2-4,7-9,11-12H2,1H3. The monoisotopic (exact) mass is 330 g/mol. The van der Waals surface area contributed by atoms with Crippen molar-refractivity contribution in [2.75, 3.05) is 33.3 Å². The van der Waals surface area contributed by atoms with E-state index in [1.807, 2.05) is 23.1 Å². The first-order valence-electron chi connectivity index (χ1n) is 8.55. The predicted octanol–water partition coefficient (Wildman–Crippen LogP) is 2.07. The Kier molecular flexibility index (Phi) is 3.62. The second-order valence-electron chi connectivity index (χ2n) is 7.01. The van der Waals surface area contributed by atoms with Gasteiger partial charge in [0.15, 0.2) is 0 Å². The lowest BCUT2D eigenvalue weighted by Crippen LogP contribution is -2.52. The maximum absolute atomic E-state index is 12.9. The van der Waals surface area contributed by atoms with Crippen molar-refractivity contribution in [2.24, 2.45) is 0 Å². The Morgan fingerprint density at radius 2 is 2.12 bits per heavy atom. The van der Waals surface area contributed by atoms with Gasteiger partial charge in [-0.3, -0.25) is 4.79 Å². The molecule has 24 heavy (non-hydrogen) atoms. The highest BCUT2D eigenvalue weighted by Gasteiger charge is 2.47. The molecule has 1 aromatic carbocycles. The number of benzene rings is 1. The molecular formula is C18H22N2O4. The SMILES string of the molecule is CN1CC2(CCCN(C(=O)c3ccc4c(c3)CCCO4)C2)OC1=O. The van der Waals surface area contributed by atoms with E-state index in [0.717, 1.165) is 43.6 Å². The van der Waals surface area contributed by atoms with Crippen LogP contribution in [0, 0.1) is 0 Å². The molecule has 1 aromatic rings. The van der Waals surface area contributed by atoms with E-state index in [9.17, 15) is 9.59 Å². The van der Waals surface area contributed by atoms with Crippen molar-refractivity contribution in [3.63, 3.8) is 0 Å². The van der Waals surface area contributed by atoms with Crippen molar-refractivity contribution < 1.29 is 19.1 Å². The van der Waals surface area contributed by atoms with Crippen LogP contribution in [0.25, 0.3) is 0 Å². The van der Waals surface area contributed by atoms with E-state index in [1.165, 1.54) is 0 Å². The minimum absolute atomic E-state index is 0.00745. The number of amides is 2. The molecule has 0 N–H and O–H groups in total. The molecule has 6 heteroatoms. The minimum atomic E-state index is -0.545. The fourth-order valence-corrected chi connectivity index (χ4v) is 3.95. The Morgan fingerprint density at radius 3 is 2.92 bits per heavy atom. The number of hydrogen-bond donors (Lipinski definition) is 0. The van der Waals surface area contributed by atoms with E-state index in [-0.39, 0.29) is 12.0 Å². The molecule has 0 radical (unpaired) electrons. The van der Waals surface area contributed by atoms with Crippen LogP contribution < -0.4 is 4.74 Å². The first kappa shape index (κ1) is 15.3. The number of ether oxygens (including phenoxy) is 2. The summed E-state index contributed by atoms with van der Waals surface area (Å²) in [7, 11) is 1.74. The quantitative estimate of drug-likeness (QED) is 0.791. The highest BCUT2D eigenvalue weighted by molar-refractivity contribution is 5.94. The topological polar surface area (TPSA) is 59.1 Å². The van der Waals surface area contributed by atoms with Crippen LogP contribution in [0.4, 0.5) is 4.79 Å². The molecule has 0 saturated carbocycles. The summed E-state index contributed by atoms with van der Waals surface area (Å²) in [5.41, 5.74) is 1.25. The van der Waals surface area contributed by atoms with Gasteiger partial charge in [0.2, 0.25) is 0 Å². The Labute approximate surface area is 141 Å². The molecular weight excluding hydrogens is 308 g/mol. The molecule has 1 atom stereocenters. The number of likely N-dealkylation sites (N-methyl/N-ethyl adjacent to an activating group) is 1. The van der Waals surface area contributed by atoms with Gasteiger partial charge in [0.1, 0.15) is 11.4 Å². The van der Waals surface area contributed by atoms with Crippen LogP contribution in [0.3, 0.4) is 0 Å². The number of hydrogen-bond acceptors (Lipinski definition) is 4. The summed E-state index contributed by atoms with van der Waals surface area (Å²) in [5, 5.41) is 0. The summed E-state index contributed by atoms with van der Waals surface area (Å²) < 4.78 is 11.2. The number of rotatable bonds is 1. The molecule has 0 bridgehead atoms. The molecule has 1 unspecified atom stereocenters. The number of carbonyl (C=O) groups is 2. The Balaban J connectivity index is 1.53. The average molecular weight is 330 g/mol. The number of nitrogens with zero attached hydrogens (tertiary/aromatic N) is 2. The van der Waals surface area contributed by atoms with E-state index < -0.39 is 5.60 Å². The molecule has 6 nitrogen and oxygen atoms in total. The van der Waals surface area contributed by atoms with Crippen molar-refractivity contribution >= 4 is 12.0 Å². The fourth-order valence-electron chi connectivity index (χ4n) is 3.95. The van der Waals surface area contributed by atoms with Crippen molar-refractivity contribution in [3.8, 4) is 5.75 Å². The first-order chi connectivity index (χ1) is 11.6. The molecule has 1 spiro atoms. The van der Waals surface area contributed by atoms with E-state index in [1.54, 1.807) is 11.9 Å². The van der Waals surface area contributed by atoms with E-state index in [4.69, 9.17) is 9.47 Å². The second-order valence-corrected chi connectivity index (χ2v) is 7.01. The van der Waals surface area contributed by atoms with Crippen LogP contribution >= 0.6 is 0 Å². The maximum Gasteiger partial charge on any atom is 0.410 e. The molecule has 3 heterocycles. The molecule has 2 fully saturated rings. The van der Waals surface area contributed by atoms with Gasteiger partial charge in [-0.15, -0.1) is 0 Å². The lowest BCUT2D eigenvalue weighted by atomic mass is 9.92. The van der Waals surface area contributed by atoms with E-state index in [0.29, 0.717) is 25.2 Å². The highest BCUT2D eigenvalue weighted by Crippen LogP contribution is 2.32. The smallest absolute Gasteiger partial charge is 0.410 e. The summed E-state index contributed by atoms with van der Waals surface area (Å²) in [5.74, 6) is 0.896. The van der Waals surface area contributed by atoms with Gasteiger partial charge in [-0.05, 0) is 49.4 Å². The average Bonchev–Trinajstić information content (AvgIpc) is 2.87. The zero-order chi connectivity index (χ0) is 16.7. The Hall–Kier alpha value is -2.24. The Bertz CT molecular complexity index is 690. The summed E-state index contributed by atoms with van der Waals surface area (Å²) >= 11 is 0. The van der Waals surface area contributed by atoms with Crippen LogP contribution in [0.5, 0.6) is 5.75 Å². The number of piperidine rings is 1. The third-order valence-electron chi connectivity index (χ3n) is 5.12. The van der Waals surface area contributed by atoms with Crippen molar-refractivity contribution in [1.29, 1.82) is 0 Å². The molecule has 0 aliphatic carbocycles. The van der Waals surface area contributed by atoms with Gasteiger partial charge >= 0.3 is 6.09 Å². The van der Waals surface area contributed by atoms with Crippen LogP contribution in [-0.4, -0.2) is 60.7 Å². The Morgan fingerprint density at radius 1 is 1.25 bits per heavy atom. The van der Waals surface area contributed by atoms with Gasteiger partial charge in [-0.25, -0.2) is 4.79 Å². The van der Waals surface area contributed by atoms with Crippen molar-refractivity contribution in [3.05, 3.63) is 29.3 Å². The molecule has 0 aromatic heterocycles. The molecule has 3 aliphatic heterocycles. The number of fused-ring (bicyclic) bond motifs is 1. The van der Waals surface area contributed by atoms with Gasteiger partial charge in [-0.2, -0.15) is 0 Å². The summed E-state index contributed by atoms with van der Waals surface area (Å²) in [6.07, 6.45) is 3.30. The van der Waals surface area contributed by atoms with Gasteiger partial charge in [0, 0.05) is 19.2 Å². The molecule has 128 valence electrons. The number of carbonyl (C=O) groups excluding carboxylic acids is 2. The van der Waals surface area contributed by atoms with E-state index in [2.05, 4.69) is 0 Å². The third-order valence-corrected chi connectivity index (χ3v) is 5.12. The summed E-state index contributed by atoms with van der Waals surface area (Å²) in [6, 6.07) is 5.68. The number of likely N-dealkylation sites (tertiary alicyclic amines) is 1. The zero-order valence-corrected chi connectivity index (χ0v) is 13.9. The van der Waals surface area contributed by atoms with Crippen LogP contribution in [0.15, 0.2) is 18.2 Å². The number of aryl methyl sites for hydroxylation is 1. The minimum Gasteiger partial charge on any atom is -0.493 e. The lowest BCUT2D eigenvalue weighted by Gasteiger charge is -2.38.